The van der Waals surface area contributed by atoms with Crippen LogP contribution in [0, 0.1) is 17.8 Å². The third-order valence-electron chi connectivity index (χ3n) is 15.9. The van der Waals surface area contributed by atoms with Crippen molar-refractivity contribution in [3.05, 3.63) is 0 Å². The van der Waals surface area contributed by atoms with Gasteiger partial charge in [-0.25, -0.2) is 9.13 Å². The molecular formula is C69H134O17P2. The van der Waals surface area contributed by atoms with E-state index in [4.69, 9.17) is 37.0 Å². The van der Waals surface area contributed by atoms with Crippen molar-refractivity contribution in [3.8, 4) is 0 Å². The van der Waals surface area contributed by atoms with E-state index in [-0.39, 0.29) is 25.7 Å². The molecule has 0 rings (SSSR count). The Hall–Kier alpha value is -1.94. The van der Waals surface area contributed by atoms with Gasteiger partial charge in [-0.3, -0.25) is 37.3 Å². The minimum atomic E-state index is -4.95. The maximum absolute atomic E-state index is 13.0. The van der Waals surface area contributed by atoms with Crippen LogP contribution in [0.15, 0.2) is 0 Å². The molecule has 0 saturated carbocycles. The zero-order valence-corrected chi connectivity index (χ0v) is 59.0. The van der Waals surface area contributed by atoms with E-state index in [2.05, 4.69) is 48.5 Å². The van der Waals surface area contributed by atoms with Crippen LogP contribution < -0.4 is 0 Å². The van der Waals surface area contributed by atoms with Crippen LogP contribution >= 0.6 is 15.6 Å². The Bertz CT molecular complexity index is 1730. The lowest BCUT2D eigenvalue weighted by molar-refractivity contribution is -0.161. The van der Waals surface area contributed by atoms with E-state index in [1.165, 1.54) is 141 Å². The van der Waals surface area contributed by atoms with Gasteiger partial charge < -0.3 is 33.8 Å². The fraction of sp³-hybridized carbons (Fsp3) is 0.942. The van der Waals surface area contributed by atoms with Crippen LogP contribution in [0.1, 0.15) is 344 Å². The van der Waals surface area contributed by atoms with E-state index < -0.39 is 97.5 Å². The van der Waals surface area contributed by atoms with E-state index >= 15 is 0 Å². The molecule has 19 heteroatoms. The highest BCUT2D eigenvalue weighted by Gasteiger charge is 2.30. The normalized spacial score (nSPS) is 14.2. The van der Waals surface area contributed by atoms with Crippen molar-refractivity contribution < 1.29 is 80.2 Å². The molecule has 0 amide bonds. The van der Waals surface area contributed by atoms with Crippen LogP contribution in [0.2, 0.25) is 0 Å². The molecule has 88 heavy (non-hydrogen) atoms. The largest absolute Gasteiger partial charge is 0.472 e. The summed E-state index contributed by atoms with van der Waals surface area (Å²) in [5, 5.41) is 10.6. The molecule has 0 aromatic carbocycles. The van der Waals surface area contributed by atoms with Crippen LogP contribution in [-0.4, -0.2) is 96.7 Å². The molecule has 0 aliphatic carbocycles. The summed E-state index contributed by atoms with van der Waals surface area (Å²) in [5.74, 6) is -0.0834. The molecule has 0 spiro atoms. The molecule has 0 aromatic rings. The minimum Gasteiger partial charge on any atom is -0.462 e. The summed E-state index contributed by atoms with van der Waals surface area (Å²) < 4.78 is 68.1. The van der Waals surface area contributed by atoms with Gasteiger partial charge in [0.25, 0.3) is 0 Å². The van der Waals surface area contributed by atoms with E-state index in [9.17, 15) is 43.2 Å². The lowest BCUT2D eigenvalue weighted by Crippen LogP contribution is -2.30. The predicted molar refractivity (Wildman–Crippen MR) is 354 cm³/mol. The van der Waals surface area contributed by atoms with Gasteiger partial charge in [0.15, 0.2) is 12.2 Å². The highest BCUT2D eigenvalue weighted by Crippen LogP contribution is 2.45. The Morgan fingerprint density at radius 1 is 0.307 bits per heavy atom. The van der Waals surface area contributed by atoms with Crippen molar-refractivity contribution in [2.24, 2.45) is 17.8 Å². The number of phosphoric ester groups is 2. The molecule has 0 aliphatic rings. The molecule has 17 nitrogen and oxygen atoms in total. The van der Waals surface area contributed by atoms with Crippen LogP contribution in [0.25, 0.3) is 0 Å². The van der Waals surface area contributed by atoms with E-state index in [0.717, 1.165) is 103 Å². The number of unbranched alkanes of at least 4 members (excludes halogenated alkanes) is 35. The maximum atomic E-state index is 13.0. The molecule has 0 bridgehead atoms. The SMILES string of the molecule is CCCCCCCCCCCCCCCCCCCCCCC(=O)O[C@H](COC(=O)CCCCCCCCCC(C)C)COP(=O)(O)OC[C@@H](O)COP(=O)(O)OC[C@@H](COC(=O)CCCCCCCCC(C)C)OC(=O)CCCCCCCCC(C)C. The van der Waals surface area contributed by atoms with Gasteiger partial charge in [-0.1, -0.05) is 292 Å². The molecular weight excluding hydrogens is 1160 g/mol. The van der Waals surface area contributed by atoms with E-state index in [0.29, 0.717) is 43.4 Å². The minimum absolute atomic E-state index is 0.101. The summed E-state index contributed by atoms with van der Waals surface area (Å²) in [6.45, 7) is 11.6. The fourth-order valence-corrected chi connectivity index (χ4v) is 11.9. The average Bonchev–Trinajstić information content (AvgIpc) is 3.67. The molecule has 0 fully saturated rings. The highest BCUT2D eigenvalue weighted by molar-refractivity contribution is 7.47. The van der Waals surface area contributed by atoms with Gasteiger partial charge in [0.2, 0.25) is 0 Å². The van der Waals surface area contributed by atoms with Crippen molar-refractivity contribution in [1.29, 1.82) is 0 Å². The van der Waals surface area contributed by atoms with Gasteiger partial charge in [-0.05, 0) is 43.4 Å². The zero-order valence-electron chi connectivity index (χ0n) is 57.2. The number of carbonyl (C=O) groups excluding carboxylic acids is 4. The molecule has 0 radical (unpaired) electrons. The standard InChI is InChI=1S/C69H134O17P2/c1-8-9-10-11-12-13-14-15-16-17-18-19-20-21-22-23-24-27-38-45-52-68(73)85-64(56-79-66(71)50-43-36-28-25-26-33-40-47-60(2)3)58-83-87(75,76)81-54-63(70)55-82-88(77,78)84-59-65(86-69(74)53-46-39-32-30-35-42-49-62(6)7)57-80-67(72)51-44-37-31-29-34-41-48-61(4)5/h60-65,70H,8-59H2,1-7H3,(H,75,76)(H,77,78)/t63-,64-,65-/m1/s1. The van der Waals surface area contributed by atoms with Crippen molar-refractivity contribution in [1.82, 2.24) is 0 Å². The monoisotopic (exact) mass is 1300 g/mol. The number of phosphoric acid groups is 2. The van der Waals surface area contributed by atoms with Crippen LogP contribution in [0.4, 0.5) is 0 Å². The second-order valence-electron chi connectivity index (χ2n) is 26.3. The Kier molecular flexibility index (Phi) is 58.7. The first-order valence-corrected chi connectivity index (χ1v) is 38.8. The number of ether oxygens (including phenoxy) is 4. The van der Waals surface area contributed by atoms with Crippen molar-refractivity contribution in [2.45, 2.75) is 362 Å². The molecule has 3 N–H and O–H groups in total. The van der Waals surface area contributed by atoms with Crippen LogP contribution in [0.5, 0.6) is 0 Å². The summed E-state index contributed by atoms with van der Waals surface area (Å²) in [6.07, 6.45) is 43.7. The third-order valence-corrected chi connectivity index (χ3v) is 17.8. The number of carbonyl (C=O) groups is 4. The number of hydrogen-bond donors (Lipinski definition) is 3. The van der Waals surface area contributed by atoms with Crippen LogP contribution in [0.3, 0.4) is 0 Å². The lowest BCUT2D eigenvalue weighted by atomic mass is 10.0. The number of aliphatic hydroxyl groups excluding tert-OH is 1. The van der Waals surface area contributed by atoms with E-state index in [1.54, 1.807) is 0 Å². The average molecular weight is 1300 g/mol. The molecule has 0 saturated heterocycles. The summed E-state index contributed by atoms with van der Waals surface area (Å²) in [7, 11) is -9.89. The smallest absolute Gasteiger partial charge is 0.462 e. The number of rotatable bonds is 67. The number of esters is 4. The second kappa shape index (κ2) is 60.0. The second-order valence-corrected chi connectivity index (χ2v) is 29.3. The van der Waals surface area contributed by atoms with Gasteiger partial charge >= 0.3 is 39.5 Å². The highest BCUT2D eigenvalue weighted by atomic mass is 31.2. The van der Waals surface area contributed by atoms with Gasteiger partial charge in [0.1, 0.15) is 19.3 Å². The van der Waals surface area contributed by atoms with Gasteiger partial charge in [-0.15, -0.1) is 0 Å². The van der Waals surface area contributed by atoms with Crippen molar-refractivity contribution in [3.63, 3.8) is 0 Å². The predicted octanol–water partition coefficient (Wildman–Crippen LogP) is 19.5. The summed E-state index contributed by atoms with van der Waals surface area (Å²) in [4.78, 5) is 72.3. The lowest BCUT2D eigenvalue weighted by Gasteiger charge is -2.21. The summed E-state index contributed by atoms with van der Waals surface area (Å²) in [5.41, 5.74) is 0. The maximum Gasteiger partial charge on any atom is 0.472 e. The summed E-state index contributed by atoms with van der Waals surface area (Å²) >= 11 is 0. The van der Waals surface area contributed by atoms with Gasteiger partial charge in [0.05, 0.1) is 26.4 Å². The Morgan fingerprint density at radius 2 is 0.523 bits per heavy atom. The number of hydrogen-bond acceptors (Lipinski definition) is 15. The first-order valence-electron chi connectivity index (χ1n) is 35.8. The quantitative estimate of drug-likeness (QED) is 0.0222. The summed E-state index contributed by atoms with van der Waals surface area (Å²) in [6, 6.07) is 0. The Morgan fingerprint density at radius 3 is 0.773 bits per heavy atom. The Labute approximate surface area is 537 Å². The van der Waals surface area contributed by atoms with Crippen LogP contribution in [-0.2, 0) is 65.4 Å². The molecule has 2 unspecified atom stereocenters. The Balaban J connectivity index is 5.15. The molecule has 5 atom stereocenters. The van der Waals surface area contributed by atoms with E-state index in [1.807, 2.05) is 0 Å². The molecule has 0 heterocycles. The number of aliphatic hydroxyl groups is 1. The molecule has 0 aliphatic heterocycles. The van der Waals surface area contributed by atoms with Gasteiger partial charge in [-0.2, -0.15) is 0 Å². The fourth-order valence-electron chi connectivity index (χ4n) is 10.4. The third kappa shape index (κ3) is 62.8. The molecule has 522 valence electrons. The van der Waals surface area contributed by atoms with Crippen molar-refractivity contribution >= 4 is 39.5 Å². The molecule has 0 aromatic heterocycles. The first kappa shape index (κ1) is 86.1. The van der Waals surface area contributed by atoms with Crippen molar-refractivity contribution in [2.75, 3.05) is 39.6 Å². The topological polar surface area (TPSA) is 237 Å². The zero-order chi connectivity index (χ0) is 65.2. The van der Waals surface area contributed by atoms with Gasteiger partial charge in [0, 0.05) is 25.7 Å². The first-order chi connectivity index (χ1) is 42.2.